The fourth-order valence-electron chi connectivity index (χ4n) is 4.61. The van der Waals surface area contributed by atoms with Gasteiger partial charge in [0.25, 0.3) is 0 Å². The lowest BCUT2D eigenvalue weighted by atomic mass is 10.1. The second kappa shape index (κ2) is 9.84. The molecule has 1 saturated heterocycles. The number of likely N-dealkylation sites (tertiary alicyclic amines) is 1. The molecule has 7 heteroatoms. The van der Waals surface area contributed by atoms with Crippen molar-refractivity contribution in [3.8, 4) is 17.2 Å². The van der Waals surface area contributed by atoms with Gasteiger partial charge in [-0.15, -0.1) is 0 Å². The Bertz CT molecular complexity index is 1120. The van der Waals surface area contributed by atoms with Gasteiger partial charge in [0.15, 0.2) is 11.5 Å². The zero-order valence-corrected chi connectivity index (χ0v) is 19.8. The lowest BCUT2D eigenvalue weighted by molar-refractivity contribution is 0.0794. The summed E-state index contributed by atoms with van der Waals surface area (Å²) in [5, 5.41) is 11.8. The van der Waals surface area contributed by atoms with E-state index in [4.69, 9.17) is 25.8 Å². The molecule has 5 rings (SSSR count). The maximum Gasteiger partial charge on any atom is 0.231 e. The number of piperidine rings is 1. The number of benzene rings is 2. The third kappa shape index (κ3) is 4.93. The standard InChI is InChI=1S/C26H31ClN2O4/c1-2-3-10-31-21-4-5-24-22(12-21)19(14-28-8-6-20(30)7-9-28)16-29(24)15-18-11-25-26(13-23(18)27)33-17-32-25/h4-5,11-13,16,20,30H,2-3,6-10,14-15,17H2,1H3. The number of hydrogen-bond donors (Lipinski definition) is 1. The van der Waals surface area contributed by atoms with E-state index >= 15 is 0 Å². The smallest absolute Gasteiger partial charge is 0.231 e. The molecule has 0 spiro atoms. The van der Waals surface area contributed by atoms with E-state index in [1.807, 2.05) is 12.1 Å². The van der Waals surface area contributed by atoms with Crippen molar-refractivity contribution >= 4 is 22.5 Å². The summed E-state index contributed by atoms with van der Waals surface area (Å²) in [6, 6.07) is 10.2. The molecule has 3 aromatic rings. The Morgan fingerprint density at radius 2 is 1.85 bits per heavy atom. The first-order chi connectivity index (χ1) is 16.1. The van der Waals surface area contributed by atoms with Crippen LogP contribution in [0.1, 0.15) is 43.7 Å². The Hall–Kier alpha value is -2.41. The van der Waals surface area contributed by atoms with Crippen LogP contribution in [0.5, 0.6) is 17.2 Å². The molecule has 0 aliphatic carbocycles. The van der Waals surface area contributed by atoms with Crippen LogP contribution in [0.2, 0.25) is 5.02 Å². The van der Waals surface area contributed by atoms with Crippen LogP contribution in [0, 0.1) is 0 Å². The highest BCUT2D eigenvalue weighted by atomic mass is 35.5. The van der Waals surface area contributed by atoms with Crippen LogP contribution < -0.4 is 14.2 Å². The molecule has 176 valence electrons. The van der Waals surface area contributed by atoms with Gasteiger partial charge in [0.05, 0.1) is 12.7 Å². The zero-order valence-electron chi connectivity index (χ0n) is 19.1. The first kappa shape index (κ1) is 22.4. The van der Waals surface area contributed by atoms with Crippen LogP contribution >= 0.6 is 11.6 Å². The summed E-state index contributed by atoms with van der Waals surface area (Å²) >= 11 is 6.58. The summed E-state index contributed by atoms with van der Waals surface area (Å²) < 4.78 is 19.3. The van der Waals surface area contributed by atoms with Crippen molar-refractivity contribution in [2.24, 2.45) is 0 Å². The predicted octanol–water partition coefficient (Wildman–Crippen LogP) is 5.21. The first-order valence-corrected chi connectivity index (χ1v) is 12.2. The fraction of sp³-hybridized carbons (Fsp3) is 0.462. The molecule has 0 amide bonds. The summed E-state index contributed by atoms with van der Waals surface area (Å²) in [5.41, 5.74) is 3.41. The van der Waals surface area contributed by atoms with Crippen molar-refractivity contribution in [2.75, 3.05) is 26.5 Å². The van der Waals surface area contributed by atoms with Crippen LogP contribution in [0.25, 0.3) is 10.9 Å². The minimum Gasteiger partial charge on any atom is -0.494 e. The number of halogens is 1. The van der Waals surface area contributed by atoms with E-state index in [0.717, 1.165) is 74.5 Å². The Morgan fingerprint density at radius 3 is 2.64 bits per heavy atom. The van der Waals surface area contributed by atoms with Crippen molar-refractivity contribution in [3.63, 3.8) is 0 Å². The number of aliphatic hydroxyl groups excluding tert-OH is 1. The van der Waals surface area contributed by atoms with Crippen LogP contribution in [0.4, 0.5) is 0 Å². The number of hydrogen-bond acceptors (Lipinski definition) is 5. The number of nitrogens with zero attached hydrogens (tertiary/aromatic N) is 2. The van der Waals surface area contributed by atoms with Gasteiger partial charge in [0.2, 0.25) is 6.79 Å². The number of fused-ring (bicyclic) bond motifs is 2. The molecule has 0 bridgehead atoms. The fourth-order valence-corrected chi connectivity index (χ4v) is 4.83. The minimum absolute atomic E-state index is 0.172. The quantitative estimate of drug-likeness (QED) is 0.458. The molecule has 33 heavy (non-hydrogen) atoms. The summed E-state index contributed by atoms with van der Waals surface area (Å²) in [4.78, 5) is 2.42. The molecule has 0 radical (unpaired) electrons. The van der Waals surface area contributed by atoms with Gasteiger partial charge in [-0.3, -0.25) is 4.90 Å². The molecule has 2 aliphatic heterocycles. The van der Waals surface area contributed by atoms with E-state index < -0.39 is 0 Å². The summed E-state index contributed by atoms with van der Waals surface area (Å²) in [6.07, 6.45) is 5.88. The third-order valence-electron chi connectivity index (χ3n) is 6.54. The van der Waals surface area contributed by atoms with Gasteiger partial charge in [0.1, 0.15) is 5.75 Å². The maximum atomic E-state index is 9.89. The molecule has 0 unspecified atom stereocenters. The van der Waals surface area contributed by atoms with Gasteiger partial charge < -0.3 is 23.9 Å². The van der Waals surface area contributed by atoms with Crippen LogP contribution in [0.3, 0.4) is 0 Å². The number of unbranched alkanes of at least 4 members (excludes halogenated alkanes) is 1. The Balaban J connectivity index is 1.46. The lowest BCUT2D eigenvalue weighted by Gasteiger charge is -2.29. The zero-order chi connectivity index (χ0) is 22.8. The van der Waals surface area contributed by atoms with Crippen molar-refractivity contribution in [1.29, 1.82) is 0 Å². The van der Waals surface area contributed by atoms with E-state index in [1.165, 1.54) is 10.9 Å². The van der Waals surface area contributed by atoms with Crippen molar-refractivity contribution in [2.45, 2.75) is 51.8 Å². The molecule has 3 heterocycles. The molecule has 0 saturated carbocycles. The van der Waals surface area contributed by atoms with E-state index in [0.29, 0.717) is 17.3 Å². The number of aliphatic hydroxyl groups is 1. The highest BCUT2D eigenvalue weighted by Gasteiger charge is 2.21. The largest absolute Gasteiger partial charge is 0.494 e. The van der Waals surface area contributed by atoms with Crippen molar-refractivity contribution in [3.05, 3.63) is 52.7 Å². The third-order valence-corrected chi connectivity index (χ3v) is 6.89. The van der Waals surface area contributed by atoms with E-state index in [2.05, 4.69) is 40.8 Å². The minimum atomic E-state index is -0.172. The topological polar surface area (TPSA) is 56.1 Å². The maximum absolute atomic E-state index is 9.89. The second-order valence-corrected chi connectivity index (χ2v) is 9.37. The highest BCUT2D eigenvalue weighted by Crippen LogP contribution is 2.38. The van der Waals surface area contributed by atoms with Crippen molar-refractivity contribution in [1.82, 2.24) is 9.47 Å². The molecule has 2 aromatic carbocycles. The van der Waals surface area contributed by atoms with Gasteiger partial charge in [-0.2, -0.15) is 0 Å². The Labute approximate surface area is 199 Å². The van der Waals surface area contributed by atoms with Crippen LogP contribution in [0.15, 0.2) is 36.5 Å². The molecule has 6 nitrogen and oxygen atoms in total. The first-order valence-electron chi connectivity index (χ1n) is 11.8. The molecular formula is C26H31ClN2O4. The molecule has 1 aromatic heterocycles. The van der Waals surface area contributed by atoms with E-state index in [-0.39, 0.29) is 12.9 Å². The summed E-state index contributed by atoms with van der Waals surface area (Å²) in [5.74, 6) is 2.35. The molecule has 2 aliphatic rings. The van der Waals surface area contributed by atoms with Crippen molar-refractivity contribution < 1.29 is 19.3 Å². The number of aromatic nitrogens is 1. The number of ether oxygens (including phenoxy) is 3. The average molecular weight is 471 g/mol. The highest BCUT2D eigenvalue weighted by molar-refractivity contribution is 6.31. The Kier molecular flexibility index (Phi) is 6.67. The van der Waals surface area contributed by atoms with Crippen LogP contribution in [-0.4, -0.2) is 47.2 Å². The summed E-state index contributed by atoms with van der Waals surface area (Å²) in [7, 11) is 0. The van der Waals surface area contributed by atoms with E-state index in [1.54, 1.807) is 0 Å². The molecule has 1 N–H and O–H groups in total. The molecular weight excluding hydrogens is 440 g/mol. The van der Waals surface area contributed by atoms with Gasteiger partial charge in [-0.25, -0.2) is 0 Å². The van der Waals surface area contributed by atoms with E-state index in [9.17, 15) is 5.11 Å². The monoisotopic (exact) mass is 470 g/mol. The average Bonchev–Trinajstić information content (AvgIpc) is 3.40. The van der Waals surface area contributed by atoms with Gasteiger partial charge in [0, 0.05) is 54.4 Å². The van der Waals surface area contributed by atoms with Crippen LogP contribution in [-0.2, 0) is 13.1 Å². The normalized spacial score (nSPS) is 16.6. The second-order valence-electron chi connectivity index (χ2n) is 8.97. The summed E-state index contributed by atoms with van der Waals surface area (Å²) in [6.45, 7) is 6.45. The molecule has 0 atom stereocenters. The van der Waals surface area contributed by atoms with Gasteiger partial charge >= 0.3 is 0 Å². The number of rotatable bonds is 8. The molecule has 1 fully saturated rings. The van der Waals surface area contributed by atoms with Gasteiger partial charge in [-0.05, 0) is 54.7 Å². The van der Waals surface area contributed by atoms with Gasteiger partial charge in [-0.1, -0.05) is 24.9 Å². The predicted molar refractivity (Wildman–Crippen MR) is 130 cm³/mol. The Morgan fingerprint density at radius 1 is 1.06 bits per heavy atom. The SMILES string of the molecule is CCCCOc1ccc2c(c1)c(CN1CCC(O)CC1)cn2Cc1cc2c(cc1Cl)OCO2. The lowest BCUT2D eigenvalue weighted by Crippen LogP contribution is -2.35.